The molecule has 44 heavy (non-hydrogen) atoms. The van der Waals surface area contributed by atoms with Crippen molar-refractivity contribution in [3.63, 3.8) is 0 Å². The number of aromatic hydroxyl groups is 2. The summed E-state index contributed by atoms with van der Waals surface area (Å²) >= 11 is 0. The number of benzene rings is 4. The Kier molecular flexibility index (Phi) is 7.27. The maximum atomic E-state index is 14.5. The van der Waals surface area contributed by atoms with E-state index in [1.54, 1.807) is 0 Å². The van der Waals surface area contributed by atoms with Crippen LogP contribution >= 0.6 is 0 Å². The van der Waals surface area contributed by atoms with Crippen LogP contribution in [-0.4, -0.2) is 25.9 Å². The number of azo groups is 1. The monoisotopic (exact) mass is 621 g/mol. The van der Waals surface area contributed by atoms with Gasteiger partial charge in [0.2, 0.25) is 5.88 Å². The molecule has 5 rings (SSSR count). The predicted molar refractivity (Wildman–Crippen MR) is 140 cm³/mol. The molecule has 0 saturated carbocycles. The number of alkyl halides is 6. The minimum absolute atomic E-state index is 0.112. The maximum absolute atomic E-state index is 14.5. The van der Waals surface area contributed by atoms with Crippen molar-refractivity contribution in [2.24, 2.45) is 10.2 Å². The third kappa shape index (κ3) is 5.50. The quantitative estimate of drug-likeness (QED) is 0.134. The summed E-state index contributed by atoms with van der Waals surface area (Å²) in [5, 5.41) is 38.4. The molecule has 15 heteroatoms. The molecule has 0 bridgehead atoms. The molecule has 0 amide bonds. The van der Waals surface area contributed by atoms with Crippen molar-refractivity contribution >= 4 is 28.2 Å². The lowest BCUT2D eigenvalue weighted by atomic mass is 10.0. The SMILES string of the molecule is O=C(O)c1cc(-c2cc(F)cc(N=Nc3c(O)n(-c4ccc(C(F)(F)F)cc4)c4cc(C(F)(F)F)ccc34)c2O)ccc1F. The topological polar surface area (TPSA) is 107 Å². The number of halogens is 8. The Morgan fingerprint density at radius 1 is 0.750 bits per heavy atom. The number of carboxylic acids is 1. The van der Waals surface area contributed by atoms with E-state index < -0.39 is 69.7 Å². The number of phenolic OH excluding ortho intramolecular Hbond substituents is 1. The van der Waals surface area contributed by atoms with Crippen molar-refractivity contribution < 1.29 is 55.2 Å². The first kappa shape index (κ1) is 30.0. The number of phenols is 1. The standard InChI is InChI=1S/C29H15F8N3O4/c30-16-11-19(13-1-8-21(31)20(9-13)27(43)44)25(41)22(12-16)38-39-24-18-7-4-15(29(35,36)37)10-23(18)40(26(24)42)17-5-2-14(3-6-17)28(32,33)34/h1-12,41-42H,(H,43,44). The van der Waals surface area contributed by atoms with Gasteiger partial charge in [-0.3, -0.25) is 4.57 Å². The van der Waals surface area contributed by atoms with Crippen LogP contribution < -0.4 is 0 Å². The summed E-state index contributed by atoms with van der Waals surface area (Å²) < 4.78 is 109. The number of hydrogen-bond acceptors (Lipinski definition) is 5. The number of nitrogens with zero attached hydrogens (tertiary/aromatic N) is 3. The van der Waals surface area contributed by atoms with Crippen LogP contribution in [0.2, 0.25) is 0 Å². The second kappa shape index (κ2) is 10.7. The predicted octanol–water partition coefficient (Wildman–Crippen LogP) is 9.14. The largest absolute Gasteiger partial charge is 0.505 e. The van der Waals surface area contributed by atoms with E-state index in [1.807, 2.05) is 0 Å². The van der Waals surface area contributed by atoms with Gasteiger partial charge in [-0.2, -0.15) is 26.3 Å². The number of aromatic nitrogens is 1. The first-order valence-electron chi connectivity index (χ1n) is 12.2. The van der Waals surface area contributed by atoms with E-state index in [1.165, 1.54) is 0 Å². The third-order valence-corrected chi connectivity index (χ3v) is 6.52. The van der Waals surface area contributed by atoms with E-state index in [0.29, 0.717) is 30.3 Å². The van der Waals surface area contributed by atoms with Gasteiger partial charge in [-0.15, -0.1) is 10.2 Å². The Morgan fingerprint density at radius 3 is 2.00 bits per heavy atom. The molecule has 226 valence electrons. The number of hydrogen-bond donors (Lipinski definition) is 3. The highest BCUT2D eigenvalue weighted by Gasteiger charge is 2.33. The van der Waals surface area contributed by atoms with E-state index in [-0.39, 0.29) is 27.7 Å². The van der Waals surface area contributed by atoms with Crippen molar-refractivity contribution in [1.29, 1.82) is 0 Å². The molecule has 5 aromatic rings. The average molecular weight is 621 g/mol. The minimum atomic E-state index is -4.83. The van der Waals surface area contributed by atoms with Crippen molar-refractivity contribution in [3.05, 3.63) is 101 Å². The molecule has 0 aliphatic carbocycles. The van der Waals surface area contributed by atoms with Crippen molar-refractivity contribution in [2.75, 3.05) is 0 Å². The van der Waals surface area contributed by atoms with Gasteiger partial charge in [0.15, 0.2) is 11.4 Å². The summed E-state index contributed by atoms with van der Waals surface area (Å²) in [4.78, 5) is 11.3. The van der Waals surface area contributed by atoms with Crippen LogP contribution in [0.1, 0.15) is 21.5 Å². The van der Waals surface area contributed by atoms with E-state index in [2.05, 4.69) is 10.2 Å². The van der Waals surface area contributed by atoms with Crippen LogP contribution in [0.25, 0.3) is 27.7 Å². The molecule has 0 aliphatic rings. The minimum Gasteiger partial charge on any atom is -0.505 e. The van der Waals surface area contributed by atoms with Crippen LogP contribution in [-0.2, 0) is 12.4 Å². The summed E-state index contributed by atoms with van der Waals surface area (Å²) in [6.45, 7) is 0. The Morgan fingerprint density at radius 2 is 1.39 bits per heavy atom. The molecule has 0 aliphatic heterocycles. The van der Waals surface area contributed by atoms with Gasteiger partial charge in [0.1, 0.15) is 17.3 Å². The van der Waals surface area contributed by atoms with E-state index >= 15 is 0 Å². The van der Waals surface area contributed by atoms with Crippen molar-refractivity contribution in [1.82, 2.24) is 4.57 Å². The van der Waals surface area contributed by atoms with Crippen molar-refractivity contribution in [3.8, 4) is 28.4 Å². The maximum Gasteiger partial charge on any atom is 0.416 e. The third-order valence-electron chi connectivity index (χ3n) is 6.52. The van der Waals surface area contributed by atoms with Gasteiger partial charge in [0.05, 0.1) is 22.2 Å². The van der Waals surface area contributed by atoms with Crippen LogP contribution in [0.4, 0.5) is 46.5 Å². The van der Waals surface area contributed by atoms with Gasteiger partial charge < -0.3 is 15.3 Å². The van der Waals surface area contributed by atoms with Gasteiger partial charge in [-0.05, 0) is 66.2 Å². The lowest BCUT2D eigenvalue weighted by Crippen LogP contribution is -2.06. The molecule has 7 nitrogen and oxygen atoms in total. The van der Waals surface area contributed by atoms with Gasteiger partial charge in [0.25, 0.3) is 0 Å². The molecule has 0 fully saturated rings. The van der Waals surface area contributed by atoms with Gasteiger partial charge in [0, 0.05) is 22.7 Å². The van der Waals surface area contributed by atoms with E-state index in [9.17, 15) is 55.2 Å². The van der Waals surface area contributed by atoms with Crippen LogP contribution in [0.3, 0.4) is 0 Å². The fraction of sp³-hybridized carbons (Fsp3) is 0.0690. The lowest BCUT2D eigenvalue weighted by molar-refractivity contribution is -0.138. The number of carbonyl (C=O) groups is 1. The zero-order valence-corrected chi connectivity index (χ0v) is 21.5. The molecule has 0 radical (unpaired) electrons. The second-order valence-corrected chi connectivity index (χ2v) is 9.30. The van der Waals surface area contributed by atoms with Crippen molar-refractivity contribution in [2.45, 2.75) is 12.4 Å². The molecule has 1 heterocycles. The Labute approximate surface area is 240 Å². The van der Waals surface area contributed by atoms with Crippen LogP contribution in [0.15, 0.2) is 83.0 Å². The molecular formula is C29H15F8N3O4. The fourth-order valence-electron chi connectivity index (χ4n) is 4.43. The molecule has 0 saturated heterocycles. The highest BCUT2D eigenvalue weighted by atomic mass is 19.4. The number of carboxylic acid groups (broad SMARTS) is 1. The molecule has 1 aromatic heterocycles. The fourth-order valence-corrected chi connectivity index (χ4v) is 4.43. The van der Waals surface area contributed by atoms with E-state index in [4.69, 9.17) is 0 Å². The average Bonchev–Trinajstić information content (AvgIpc) is 3.22. The van der Waals surface area contributed by atoms with Gasteiger partial charge >= 0.3 is 18.3 Å². The molecule has 4 aromatic carbocycles. The summed E-state index contributed by atoms with van der Waals surface area (Å²) in [6.07, 6.45) is -9.54. The summed E-state index contributed by atoms with van der Waals surface area (Å²) in [5.41, 5.74) is -4.92. The first-order valence-corrected chi connectivity index (χ1v) is 12.2. The van der Waals surface area contributed by atoms with E-state index in [0.717, 1.165) is 47.0 Å². The highest BCUT2D eigenvalue weighted by molar-refractivity contribution is 5.97. The zero-order chi connectivity index (χ0) is 32.1. The molecular weight excluding hydrogens is 606 g/mol. The van der Waals surface area contributed by atoms with Crippen LogP contribution in [0.5, 0.6) is 11.6 Å². The normalized spacial score (nSPS) is 12.4. The van der Waals surface area contributed by atoms with Gasteiger partial charge in [-0.1, -0.05) is 6.07 Å². The first-order chi connectivity index (χ1) is 20.6. The highest BCUT2D eigenvalue weighted by Crippen LogP contribution is 2.45. The zero-order valence-electron chi connectivity index (χ0n) is 21.5. The molecule has 0 atom stereocenters. The summed E-state index contributed by atoms with van der Waals surface area (Å²) in [7, 11) is 0. The number of fused-ring (bicyclic) bond motifs is 1. The molecule has 3 N–H and O–H groups in total. The Balaban J connectivity index is 1.66. The van der Waals surface area contributed by atoms with Crippen LogP contribution in [0, 0.1) is 11.6 Å². The molecule has 0 unspecified atom stereocenters. The number of aromatic carboxylic acids is 1. The Bertz CT molecular complexity index is 1960. The summed E-state index contributed by atoms with van der Waals surface area (Å²) in [6, 6.07) is 9.61. The Hall–Kier alpha value is -5.47. The summed E-state index contributed by atoms with van der Waals surface area (Å²) in [5.74, 6) is -5.31. The van der Waals surface area contributed by atoms with Gasteiger partial charge in [-0.25, -0.2) is 13.6 Å². The second-order valence-electron chi connectivity index (χ2n) is 9.30. The number of rotatable bonds is 5. The smallest absolute Gasteiger partial charge is 0.416 e. The molecule has 0 spiro atoms. The lowest BCUT2D eigenvalue weighted by Gasteiger charge is -2.11.